The Morgan fingerprint density at radius 3 is 2.52 bits per heavy atom. The average Bonchev–Trinajstić information content (AvgIpc) is 3.41. The predicted molar refractivity (Wildman–Crippen MR) is 179 cm³/mol. The van der Waals surface area contributed by atoms with E-state index < -0.39 is 12.0 Å². The molecule has 46 heavy (non-hydrogen) atoms. The molecule has 2 heterocycles. The van der Waals surface area contributed by atoms with E-state index in [9.17, 15) is 9.59 Å². The van der Waals surface area contributed by atoms with E-state index in [2.05, 4.69) is 5.92 Å². The maximum Gasteiger partial charge on any atom is 0.338 e. The second-order valence-corrected chi connectivity index (χ2v) is 11.2. The number of thiazole rings is 1. The van der Waals surface area contributed by atoms with Crippen LogP contribution < -0.4 is 29.1 Å². The van der Waals surface area contributed by atoms with Crippen LogP contribution in [0.4, 0.5) is 0 Å². The zero-order valence-corrected chi connectivity index (χ0v) is 26.3. The Morgan fingerprint density at radius 2 is 1.78 bits per heavy atom. The summed E-state index contributed by atoms with van der Waals surface area (Å²) in [7, 11) is 3.09. The third-order valence-corrected chi connectivity index (χ3v) is 8.61. The number of aromatic nitrogens is 1. The normalized spacial score (nSPS) is 14.3. The highest BCUT2D eigenvalue weighted by molar-refractivity contribution is 7.07. The Bertz CT molecular complexity index is 2210. The highest BCUT2D eigenvalue weighted by Crippen LogP contribution is 2.40. The number of rotatable bonds is 9. The van der Waals surface area contributed by atoms with Gasteiger partial charge in [0.2, 0.25) is 0 Å². The monoisotopic (exact) mass is 630 g/mol. The maximum absolute atomic E-state index is 14.5. The Morgan fingerprint density at radius 1 is 1.00 bits per heavy atom. The van der Waals surface area contributed by atoms with Crippen LogP contribution in [0.5, 0.6) is 17.2 Å². The quantitative estimate of drug-likeness (QED) is 0.166. The molecule has 1 aromatic heterocycles. The van der Waals surface area contributed by atoms with Gasteiger partial charge < -0.3 is 18.9 Å². The van der Waals surface area contributed by atoms with Crippen LogP contribution in [-0.2, 0) is 9.53 Å². The van der Waals surface area contributed by atoms with E-state index >= 15 is 0 Å². The molecule has 4 aromatic carbocycles. The van der Waals surface area contributed by atoms with Crippen molar-refractivity contribution in [2.75, 3.05) is 27.4 Å². The summed E-state index contributed by atoms with van der Waals surface area (Å²) >= 11 is 1.22. The number of benzene rings is 4. The first-order valence-corrected chi connectivity index (χ1v) is 15.4. The van der Waals surface area contributed by atoms with Crippen molar-refractivity contribution in [2.24, 2.45) is 4.99 Å². The van der Waals surface area contributed by atoms with E-state index in [-0.39, 0.29) is 24.3 Å². The van der Waals surface area contributed by atoms with Crippen LogP contribution in [0.2, 0.25) is 0 Å². The summed E-state index contributed by atoms with van der Waals surface area (Å²) in [6.07, 6.45) is 7.31. The number of nitrogens with zero attached hydrogens (tertiary/aromatic N) is 2. The molecule has 230 valence electrons. The molecule has 0 fully saturated rings. The first kappa shape index (κ1) is 30.4. The van der Waals surface area contributed by atoms with Gasteiger partial charge in [-0.25, -0.2) is 9.79 Å². The van der Waals surface area contributed by atoms with Crippen LogP contribution in [0.3, 0.4) is 0 Å². The number of fused-ring (bicyclic) bond motifs is 2. The topological polar surface area (TPSA) is 88.3 Å². The van der Waals surface area contributed by atoms with Crippen molar-refractivity contribution in [1.29, 1.82) is 0 Å². The minimum Gasteiger partial charge on any atom is -0.497 e. The Hall–Kier alpha value is -5.59. The number of terminal acetylenes is 1. The number of methoxy groups -OCH3 is 2. The average molecular weight is 631 g/mol. The standard InChI is InChI=1S/C37H30N2O6S/c1-5-20-45-29-19-16-23-12-10-11-15-26(23)28(29)22-31-35(40)39-34(27-18-17-25(42-3)21-30(27)43-4)32(36(41)44-6-2)33(38-37(39)46-31)24-13-8-7-9-14-24/h1,7-19,21-22,34H,6,20H2,2-4H3/b31-22-/t34-/m0/s1. The molecule has 6 rings (SSSR count). The van der Waals surface area contributed by atoms with Gasteiger partial charge in [0.1, 0.15) is 29.9 Å². The number of hydrogen-bond donors (Lipinski definition) is 0. The van der Waals surface area contributed by atoms with Crippen LogP contribution >= 0.6 is 11.3 Å². The summed E-state index contributed by atoms with van der Waals surface area (Å²) in [5.74, 6) is 3.48. The van der Waals surface area contributed by atoms with Gasteiger partial charge in [0.05, 0.1) is 36.6 Å². The lowest BCUT2D eigenvalue weighted by Gasteiger charge is -2.27. The van der Waals surface area contributed by atoms with Crippen molar-refractivity contribution in [3.05, 3.63) is 127 Å². The minimum absolute atomic E-state index is 0.0705. The lowest BCUT2D eigenvalue weighted by atomic mass is 9.92. The summed E-state index contributed by atoms with van der Waals surface area (Å²) in [5.41, 5.74) is 2.29. The van der Waals surface area contributed by atoms with Gasteiger partial charge in [0.15, 0.2) is 4.80 Å². The minimum atomic E-state index is -0.918. The second kappa shape index (κ2) is 13.2. The van der Waals surface area contributed by atoms with Gasteiger partial charge in [-0.3, -0.25) is 9.36 Å². The van der Waals surface area contributed by atoms with Gasteiger partial charge in [0.25, 0.3) is 5.56 Å². The van der Waals surface area contributed by atoms with Crippen molar-refractivity contribution >= 4 is 39.9 Å². The summed E-state index contributed by atoms with van der Waals surface area (Å²) in [6, 6.07) is 25.4. The Labute approximate surface area is 269 Å². The number of carbonyl (C=O) groups is 1. The molecule has 8 nitrogen and oxygen atoms in total. The zero-order chi connectivity index (χ0) is 32.2. The molecule has 0 aliphatic carbocycles. The SMILES string of the molecule is C#CCOc1ccc2ccccc2c1/C=c1\sc2n(c1=O)[C@@H](c1ccc(OC)cc1OC)C(C(=O)OCC)=C(c1ccccc1)N=2. The predicted octanol–water partition coefficient (Wildman–Crippen LogP) is 5.12. The number of carbonyl (C=O) groups excluding carboxylic acids is 1. The van der Waals surface area contributed by atoms with Crippen molar-refractivity contribution in [3.63, 3.8) is 0 Å². The lowest BCUT2D eigenvalue weighted by Crippen LogP contribution is -2.40. The fourth-order valence-corrected chi connectivity index (χ4v) is 6.56. The Kier molecular flexibility index (Phi) is 8.72. The van der Waals surface area contributed by atoms with Gasteiger partial charge in [-0.1, -0.05) is 77.9 Å². The number of esters is 1. The number of ether oxygens (including phenoxy) is 4. The summed E-state index contributed by atoms with van der Waals surface area (Å²) < 4.78 is 24.7. The van der Waals surface area contributed by atoms with Gasteiger partial charge in [-0.2, -0.15) is 0 Å². The largest absolute Gasteiger partial charge is 0.497 e. The summed E-state index contributed by atoms with van der Waals surface area (Å²) in [4.78, 5) is 33.7. The van der Waals surface area contributed by atoms with Crippen LogP contribution in [0.25, 0.3) is 22.5 Å². The first-order chi connectivity index (χ1) is 22.5. The third kappa shape index (κ3) is 5.55. The van der Waals surface area contributed by atoms with Gasteiger partial charge in [-0.05, 0) is 42.0 Å². The van der Waals surface area contributed by atoms with Crippen LogP contribution in [-0.4, -0.2) is 38.0 Å². The fraction of sp³-hybridized carbons (Fsp3) is 0.162. The first-order valence-electron chi connectivity index (χ1n) is 14.6. The molecule has 0 bridgehead atoms. The summed E-state index contributed by atoms with van der Waals surface area (Å²) in [5, 5.41) is 1.87. The van der Waals surface area contributed by atoms with Crippen molar-refractivity contribution in [2.45, 2.75) is 13.0 Å². The molecule has 0 amide bonds. The highest BCUT2D eigenvalue weighted by atomic mass is 32.1. The van der Waals surface area contributed by atoms with E-state index in [1.807, 2.05) is 66.7 Å². The molecule has 0 spiro atoms. The molecule has 0 unspecified atom stereocenters. The van der Waals surface area contributed by atoms with Gasteiger partial charge in [-0.15, -0.1) is 6.42 Å². The highest BCUT2D eigenvalue weighted by Gasteiger charge is 2.37. The number of hydrogen-bond acceptors (Lipinski definition) is 8. The van der Waals surface area contributed by atoms with E-state index in [0.29, 0.717) is 49.0 Å². The zero-order valence-electron chi connectivity index (χ0n) is 25.5. The second-order valence-electron chi connectivity index (χ2n) is 10.2. The van der Waals surface area contributed by atoms with Crippen molar-refractivity contribution in [1.82, 2.24) is 4.57 Å². The van der Waals surface area contributed by atoms with Crippen LogP contribution in [0, 0.1) is 12.3 Å². The van der Waals surface area contributed by atoms with E-state index in [1.165, 1.54) is 23.0 Å². The lowest BCUT2D eigenvalue weighted by molar-refractivity contribution is -0.138. The van der Waals surface area contributed by atoms with Gasteiger partial charge in [0, 0.05) is 22.8 Å². The molecular formula is C37H30N2O6S. The fourth-order valence-electron chi connectivity index (χ4n) is 5.58. The van der Waals surface area contributed by atoms with Crippen molar-refractivity contribution < 1.29 is 23.7 Å². The van der Waals surface area contributed by atoms with Crippen molar-refractivity contribution in [3.8, 4) is 29.6 Å². The van der Waals surface area contributed by atoms with E-state index in [1.54, 1.807) is 38.3 Å². The van der Waals surface area contributed by atoms with E-state index in [0.717, 1.165) is 10.8 Å². The molecule has 0 N–H and O–H groups in total. The molecule has 0 radical (unpaired) electrons. The molecule has 5 aromatic rings. The van der Waals surface area contributed by atoms with Crippen LogP contribution in [0.1, 0.15) is 29.7 Å². The van der Waals surface area contributed by atoms with Gasteiger partial charge >= 0.3 is 5.97 Å². The molecule has 0 saturated carbocycles. The molecular weight excluding hydrogens is 600 g/mol. The maximum atomic E-state index is 14.5. The molecule has 1 atom stereocenters. The molecule has 1 aliphatic heterocycles. The molecule has 9 heteroatoms. The van der Waals surface area contributed by atoms with Crippen LogP contribution in [0.15, 0.2) is 100 Å². The Balaban J connectivity index is 1.69. The smallest absolute Gasteiger partial charge is 0.338 e. The third-order valence-electron chi connectivity index (χ3n) is 7.63. The molecule has 0 saturated heterocycles. The summed E-state index contributed by atoms with van der Waals surface area (Å²) in [6.45, 7) is 1.95. The van der Waals surface area contributed by atoms with E-state index in [4.69, 9.17) is 30.4 Å². The molecule has 1 aliphatic rings.